The van der Waals surface area contributed by atoms with Crippen molar-refractivity contribution < 1.29 is 58.4 Å². The van der Waals surface area contributed by atoms with Crippen molar-refractivity contribution in [1.82, 2.24) is 36.0 Å². The molecule has 0 aromatic carbocycles. The van der Waals surface area contributed by atoms with Gasteiger partial charge >= 0.3 is 30.1 Å². The van der Waals surface area contributed by atoms with E-state index in [4.69, 9.17) is 9.47 Å². The SMILES string of the molecule is CC(C)(C)OC(=O)NCCNC(=O)CN(CCN(CCN(CC(=O)O)CC(=O)NCCNC(=O)OC(C)(C)C)CC(=O)O)CC(=O)O. The molecular formula is C28H51N7O12. The molecule has 19 heteroatoms. The number of amides is 4. The maximum Gasteiger partial charge on any atom is 0.407 e. The second-order valence-corrected chi connectivity index (χ2v) is 12.4. The molecule has 0 aliphatic carbocycles. The zero-order valence-corrected chi connectivity index (χ0v) is 28.0. The van der Waals surface area contributed by atoms with Gasteiger partial charge in [-0.3, -0.25) is 38.7 Å². The van der Waals surface area contributed by atoms with Gasteiger partial charge in [0.25, 0.3) is 0 Å². The van der Waals surface area contributed by atoms with Crippen molar-refractivity contribution in [3.8, 4) is 0 Å². The minimum absolute atomic E-state index is 0.0104. The third-order valence-electron chi connectivity index (χ3n) is 5.51. The van der Waals surface area contributed by atoms with Crippen molar-refractivity contribution in [1.29, 1.82) is 0 Å². The number of alkyl carbamates (subject to hydrolysis) is 2. The molecule has 0 atom stereocenters. The number of hydrogen-bond acceptors (Lipinski definition) is 12. The highest BCUT2D eigenvalue weighted by molar-refractivity contribution is 5.79. The number of nitrogens with zero attached hydrogens (tertiary/aromatic N) is 3. The zero-order chi connectivity index (χ0) is 36.2. The molecule has 0 aromatic heterocycles. The number of carboxylic acids is 3. The highest BCUT2D eigenvalue weighted by atomic mass is 16.6. The van der Waals surface area contributed by atoms with E-state index in [2.05, 4.69) is 21.3 Å². The summed E-state index contributed by atoms with van der Waals surface area (Å²) in [6.07, 6.45) is -1.32. The Hall–Kier alpha value is -4.23. The monoisotopic (exact) mass is 677 g/mol. The second kappa shape index (κ2) is 21.5. The zero-order valence-electron chi connectivity index (χ0n) is 28.0. The summed E-state index contributed by atoms with van der Waals surface area (Å²) in [7, 11) is 0. The molecule has 0 aromatic rings. The Balaban J connectivity index is 5.00. The third-order valence-corrected chi connectivity index (χ3v) is 5.51. The Labute approximate surface area is 274 Å². The van der Waals surface area contributed by atoms with E-state index in [1.54, 1.807) is 41.5 Å². The number of rotatable bonds is 22. The predicted molar refractivity (Wildman–Crippen MR) is 167 cm³/mol. The average Bonchev–Trinajstić information content (AvgIpc) is 2.87. The van der Waals surface area contributed by atoms with E-state index in [0.29, 0.717) is 0 Å². The van der Waals surface area contributed by atoms with Crippen molar-refractivity contribution in [3.63, 3.8) is 0 Å². The summed E-state index contributed by atoms with van der Waals surface area (Å²) in [6, 6.07) is 0. The highest BCUT2D eigenvalue weighted by Crippen LogP contribution is 2.07. The lowest BCUT2D eigenvalue weighted by molar-refractivity contribution is -0.141. The van der Waals surface area contributed by atoms with Crippen LogP contribution in [0, 0.1) is 0 Å². The second-order valence-electron chi connectivity index (χ2n) is 12.4. The average molecular weight is 678 g/mol. The Bertz CT molecular complexity index is 985. The fourth-order valence-electron chi connectivity index (χ4n) is 3.72. The maximum atomic E-state index is 12.4. The molecule has 0 saturated carbocycles. The molecule has 0 heterocycles. The van der Waals surface area contributed by atoms with Gasteiger partial charge in [-0.15, -0.1) is 0 Å². The topological polar surface area (TPSA) is 256 Å². The largest absolute Gasteiger partial charge is 0.480 e. The molecule has 0 unspecified atom stereocenters. The quantitative estimate of drug-likeness (QED) is 0.0639. The summed E-state index contributed by atoms with van der Waals surface area (Å²) in [5.74, 6) is -4.67. The highest BCUT2D eigenvalue weighted by Gasteiger charge is 2.21. The molecule has 7 N–H and O–H groups in total. The molecule has 0 bridgehead atoms. The van der Waals surface area contributed by atoms with E-state index in [-0.39, 0.29) is 65.4 Å². The molecule has 0 radical (unpaired) electrons. The number of nitrogens with one attached hydrogen (secondary N) is 4. The van der Waals surface area contributed by atoms with Crippen LogP contribution in [0.5, 0.6) is 0 Å². The fraction of sp³-hybridized carbons (Fsp3) is 0.750. The van der Waals surface area contributed by atoms with E-state index in [9.17, 15) is 48.9 Å². The molecule has 0 aliphatic heterocycles. The van der Waals surface area contributed by atoms with Crippen LogP contribution in [0.1, 0.15) is 41.5 Å². The molecule has 47 heavy (non-hydrogen) atoms. The van der Waals surface area contributed by atoms with Gasteiger partial charge in [-0.1, -0.05) is 0 Å². The Morgan fingerprint density at radius 2 is 0.745 bits per heavy atom. The van der Waals surface area contributed by atoms with Gasteiger partial charge in [0.05, 0.1) is 32.7 Å². The van der Waals surface area contributed by atoms with Gasteiger partial charge in [0.1, 0.15) is 11.2 Å². The van der Waals surface area contributed by atoms with Gasteiger partial charge < -0.3 is 46.1 Å². The summed E-state index contributed by atoms with van der Waals surface area (Å²) in [4.78, 5) is 86.5. The summed E-state index contributed by atoms with van der Waals surface area (Å²) in [5, 5.41) is 38.0. The minimum Gasteiger partial charge on any atom is -0.480 e. The van der Waals surface area contributed by atoms with Gasteiger partial charge in [-0.25, -0.2) is 9.59 Å². The van der Waals surface area contributed by atoms with Crippen LogP contribution in [0.25, 0.3) is 0 Å². The Morgan fingerprint density at radius 1 is 0.468 bits per heavy atom. The molecular weight excluding hydrogens is 626 g/mol. The van der Waals surface area contributed by atoms with Crippen LogP contribution in [-0.4, -0.2) is 168 Å². The lowest BCUT2D eigenvalue weighted by Crippen LogP contribution is -2.48. The molecule has 0 rings (SSSR count). The molecule has 19 nitrogen and oxygen atoms in total. The summed E-state index contributed by atoms with van der Waals surface area (Å²) in [6.45, 7) is 8.28. The Morgan fingerprint density at radius 3 is 1.04 bits per heavy atom. The Kier molecular flexibility index (Phi) is 19.6. The van der Waals surface area contributed by atoms with Crippen LogP contribution in [0.2, 0.25) is 0 Å². The van der Waals surface area contributed by atoms with Crippen molar-refractivity contribution in [2.75, 3.05) is 85.1 Å². The molecule has 4 amide bonds. The van der Waals surface area contributed by atoms with Crippen molar-refractivity contribution in [2.45, 2.75) is 52.7 Å². The van der Waals surface area contributed by atoms with Gasteiger partial charge in [-0.2, -0.15) is 0 Å². The lowest BCUT2D eigenvalue weighted by Gasteiger charge is -2.28. The molecule has 0 aliphatic rings. The number of carbonyl (C=O) groups is 7. The molecule has 0 saturated heterocycles. The van der Waals surface area contributed by atoms with Crippen molar-refractivity contribution in [3.05, 3.63) is 0 Å². The first-order chi connectivity index (χ1) is 21.6. The van der Waals surface area contributed by atoms with E-state index in [1.807, 2.05) is 0 Å². The van der Waals surface area contributed by atoms with Gasteiger partial charge in [0.15, 0.2) is 0 Å². The van der Waals surface area contributed by atoms with Crippen LogP contribution in [0.3, 0.4) is 0 Å². The van der Waals surface area contributed by atoms with Crippen molar-refractivity contribution in [2.24, 2.45) is 0 Å². The smallest absolute Gasteiger partial charge is 0.407 e. The van der Waals surface area contributed by atoms with Crippen LogP contribution in [0.4, 0.5) is 9.59 Å². The number of carbonyl (C=O) groups excluding carboxylic acids is 4. The van der Waals surface area contributed by atoms with Gasteiger partial charge in [0, 0.05) is 52.4 Å². The van der Waals surface area contributed by atoms with Crippen LogP contribution in [0.15, 0.2) is 0 Å². The first kappa shape index (κ1) is 42.8. The first-order valence-electron chi connectivity index (χ1n) is 14.9. The maximum absolute atomic E-state index is 12.4. The summed E-state index contributed by atoms with van der Waals surface area (Å²) >= 11 is 0. The number of hydrogen-bond donors (Lipinski definition) is 7. The van der Waals surface area contributed by atoms with Crippen LogP contribution >= 0.6 is 0 Å². The van der Waals surface area contributed by atoms with E-state index >= 15 is 0 Å². The number of carboxylic acid groups (broad SMARTS) is 3. The normalized spacial score (nSPS) is 11.6. The van der Waals surface area contributed by atoms with E-state index in [0.717, 1.165) is 0 Å². The van der Waals surface area contributed by atoms with E-state index in [1.165, 1.54) is 14.7 Å². The lowest BCUT2D eigenvalue weighted by atomic mass is 10.2. The van der Waals surface area contributed by atoms with Crippen LogP contribution in [-0.2, 0) is 33.4 Å². The fourth-order valence-corrected chi connectivity index (χ4v) is 3.72. The standard InChI is InChI=1S/C28H51N7O12/c1-27(2,3)46-25(44)31-9-7-29-20(36)15-34(18-23(40)41)13-11-33(17-22(38)39)12-14-35(19-24(42)43)16-21(37)30-8-10-32-26(45)47-28(4,5)6/h7-19H2,1-6H3,(H,29,36)(H,30,37)(H,31,44)(H,32,45)(H,38,39)(H,40,41)(H,42,43). The summed E-state index contributed by atoms with van der Waals surface area (Å²) < 4.78 is 10.2. The van der Waals surface area contributed by atoms with Crippen LogP contribution < -0.4 is 21.3 Å². The minimum atomic E-state index is -1.21. The number of ether oxygens (including phenoxy) is 2. The van der Waals surface area contributed by atoms with E-state index < -0.39 is 72.7 Å². The van der Waals surface area contributed by atoms with Gasteiger partial charge in [-0.05, 0) is 41.5 Å². The number of aliphatic carboxylic acids is 3. The predicted octanol–water partition coefficient (Wildman–Crippen LogP) is -1.57. The first-order valence-corrected chi connectivity index (χ1v) is 14.9. The van der Waals surface area contributed by atoms with Crippen molar-refractivity contribution >= 4 is 41.9 Å². The third kappa shape index (κ3) is 26.7. The molecule has 0 fully saturated rings. The molecule has 270 valence electrons. The summed E-state index contributed by atoms with van der Waals surface area (Å²) in [5.41, 5.74) is -1.38. The van der Waals surface area contributed by atoms with Gasteiger partial charge in [0.2, 0.25) is 11.8 Å². The molecule has 0 spiro atoms.